The minimum absolute atomic E-state index is 0.105. The molecule has 2 aliphatic heterocycles. The average Bonchev–Trinajstić information content (AvgIpc) is 2.73. The van der Waals surface area contributed by atoms with E-state index < -0.39 is 6.04 Å². The zero-order chi connectivity index (χ0) is 13.6. The second-order valence-electron chi connectivity index (χ2n) is 4.62. The normalized spacial score (nSPS) is 23.3. The average molecular weight is 343 g/mol. The van der Waals surface area contributed by atoms with Crippen LogP contribution in [0.5, 0.6) is 0 Å². The van der Waals surface area contributed by atoms with Gasteiger partial charge in [0, 0.05) is 13.0 Å². The number of halogens is 1. The zero-order valence-corrected chi connectivity index (χ0v) is 12.3. The van der Waals surface area contributed by atoms with Gasteiger partial charge in [-0.3, -0.25) is 19.7 Å². The highest BCUT2D eigenvalue weighted by atomic mass is 79.9. The van der Waals surface area contributed by atoms with Crippen molar-refractivity contribution in [1.82, 2.24) is 10.2 Å². The number of nitrogens with one attached hydrogen (secondary N) is 1. The third-order valence-electron chi connectivity index (χ3n) is 3.44. The number of imide groups is 1. The van der Waals surface area contributed by atoms with E-state index in [4.69, 9.17) is 0 Å². The summed E-state index contributed by atoms with van der Waals surface area (Å²) in [5.41, 5.74) is 1.03. The zero-order valence-electron chi connectivity index (χ0n) is 9.94. The molecule has 2 aliphatic rings. The van der Waals surface area contributed by atoms with Crippen molar-refractivity contribution in [3.63, 3.8) is 0 Å². The molecule has 0 aliphatic carbocycles. The predicted octanol–water partition coefficient (Wildman–Crippen LogP) is 1.31. The first-order valence-electron chi connectivity index (χ1n) is 5.99. The summed E-state index contributed by atoms with van der Waals surface area (Å²) in [6.07, 6.45) is 1.46. The third-order valence-corrected chi connectivity index (χ3v) is 5.11. The molecule has 1 saturated heterocycles. The lowest BCUT2D eigenvalue weighted by molar-refractivity contribution is -0.136. The molecule has 1 unspecified atom stereocenters. The van der Waals surface area contributed by atoms with E-state index in [1.54, 1.807) is 4.90 Å². The Morgan fingerprint density at radius 3 is 2.84 bits per heavy atom. The Labute approximate surface area is 122 Å². The van der Waals surface area contributed by atoms with Gasteiger partial charge in [0.2, 0.25) is 11.8 Å². The molecule has 1 aromatic heterocycles. The summed E-state index contributed by atoms with van der Waals surface area (Å²) in [5, 5.41) is 2.30. The van der Waals surface area contributed by atoms with Crippen molar-refractivity contribution in [2.45, 2.75) is 25.3 Å². The van der Waals surface area contributed by atoms with E-state index >= 15 is 0 Å². The number of hydrogen-bond acceptors (Lipinski definition) is 4. The highest BCUT2D eigenvalue weighted by Crippen LogP contribution is 2.32. The summed E-state index contributed by atoms with van der Waals surface area (Å²) < 4.78 is 0.927. The highest BCUT2D eigenvalue weighted by Gasteiger charge is 2.37. The topological polar surface area (TPSA) is 66.5 Å². The molecule has 3 amide bonds. The Bertz CT molecular complexity index is 584. The SMILES string of the molecule is O=C1CCC(N2CCc3cc(Br)sc3C2=O)C(=O)N1. The lowest BCUT2D eigenvalue weighted by Crippen LogP contribution is -2.55. The van der Waals surface area contributed by atoms with E-state index in [2.05, 4.69) is 21.2 Å². The number of amides is 3. The van der Waals surface area contributed by atoms with Gasteiger partial charge in [0.1, 0.15) is 6.04 Å². The molecule has 0 aromatic carbocycles. The van der Waals surface area contributed by atoms with Crippen LogP contribution in [0.3, 0.4) is 0 Å². The summed E-state index contributed by atoms with van der Waals surface area (Å²) in [6, 6.07) is 1.44. The van der Waals surface area contributed by atoms with Crippen molar-refractivity contribution in [2.24, 2.45) is 0 Å². The second kappa shape index (κ2) is 4.72. The third kappa shape index (κ3) is 2.21. The molecule has 1 atom stereocenters. The number of hydrogen-bond donors (Lipinski definition) is 1. The van der Waals surface area contributed by atoms with Crippen LogP contribution < -0.4 is 5.32 Å². The van der Waals surface area contributed by atoms with Crippen LogP contribution in [0, 0.1) is 0 Å². The van der Waals surface area contributed by atoms with Crippen LogP contribution in [0.1, 0.15) is 28.1 Å². The van der Waals surface area contributed by atoms with Gasteiger partial charge in [-0.05, 0) is 40.4 Å². The van der Waals surface area contributed by atoms with Gasteiger partial charge in [-0.15, -0.1) is 11.3 Å². The molecule has 5 nitrogen and oxygen atoms in total. The number of carbonyl (C=O) groups excluding carboxylic acids is 3. The van der Waals surface area contributed by atoms with Gasteiger partial charge in [0.25, 0.3) is 5.91 Å². The minimum Gasteiger partial charge on any atom is -0.326 e. The summed E-state index contributed by atoms with van der Waals surface area (Å²) in [5.74, 6) is -0.722. The van der Waals surface area contributed by atoms with Crippen molar-refractivity contribution in [2.75, 3.05) is 6.54 Å². The molecule has 1 aromatic rings. The molecule has 0 radical (unpaired) electrons. The smallest absolute Gasteiger partial charge is 0.264 e. The van der Waals surface area contributed by atoms with Crippen LogP contribution in [-0.2, 0) is 16.0 Å². The van der Waals surface area contributed by atoms with Crippen molar-refractivity contribution in [1.29, 1.82) is 0 Å². The van der Waals surface area contributed by atoms with Crippen molar-refractivity contribution in [3.8, 4) is 0 Å². The maximum atomic E-state index is 12.4. The van der Waals surface area contributed by atoms with Crippen molar-refractivity contribution in [3.05, 3.63) is 20.3 Å². The van der Waals surface area contributed by atoms with Crippen LogP contribution in [0.25, 0.3) is 0 Å². The lowest BCUT2D eigenvalue weighted by atomic mass is 10.00. The van der Waals surface area contributed by atoms with Crippen molar-refractivity contribution >= 4 is 45.0 Å². The Morgan fingerprint density at radius 2 is 2.11 bits per heavy atom. The second-order valence-corrected chi connectivity index (χ2v) is 7.05. The van der Waals surface area contributed by atoms with Gasteiger partial charge < -0.3 is 4.90 Å². The largest absolute Gasteiger partial charge is 0.326 e. The number of rotatable bonds is 1. The first kappa shape index (κ1) is 12.8. The van der Waals surface area contributed by atoms with Crippen LogP contribution >= 0.6 is 27.3 Å². The Kier molecular flexibility index (Phi) is 3.18. The van der Waals surface area contributed by atoms with Crippen LogP contribution in [0.4, 0.5) is 0 Å². The lowest BCUT2D eigenvalue weighted by Gasteiger charge is -2.35. The Morgan fingerprint density at radius 1 is 1.32 bits per heavy atom. The molecule has 100 valence electrons. The minimum atomic E-state index is -0.515. The molecular formula is C12H11BrN2O3S. The molecule has 1 N–H and O–H groups in total. The van der Waals surface area contributed by atoms with Crippen LogP contribution in [0.2, 0.25) is 0 Å². The van der Waals surface area contributed by atoms with Gasteiger partial charge >= 0.3 is 0 Å². The van der Waals surface area contributed by atoms with Crippen molar-refractivity contribution < 1.29 is 14.4 Å². The van der Waals surface area contributed by atoms with E-state index in [0.29, 0.717) is 24.3 Å². The number of piperidine rings is 1. The predicted molar refractivity (Wildman–Crippen MR) is 72.9 cm³/mol. The fourth-order valence-corrected chi connectivity index (χ4v) is 4.17. The van der Waals surface area contributed by atoms with Gasteiger partial charge in [-0.25, -0.2) is 0 Å². The number of nitrogens with zero attached hydrogens (tertiary/aromatic N) is 1. The van der Waals surface area contributed by atoms with E-state index in [0.717, 1.165) is 15.8 Å². The number of fused-ring (bicyclic) bond motifs is 1. The van der Waals surface area contributed by atoms with Crippen LogP contribution in [0.15, 0.2) is 9.85 Å². The van der Waals surface area contributed by atoms with E-state index in [1.165, 1.54) is 11.3 Å². The van der Waals surface area contributed by atoms with E-state index in [-0.39, 0.29) is 17.7 Å². The Balaban J connectivity index is 1.86. The fourth-order valence-electron chi connectivity index (χ4n) is 2.51. The monoisotopic (exact) mass is 342 g/mol. The summed E-state index contributed by atoms with van der Waals surface area (Å²) in [4.78, 5) is 37.7. The van der Waals surface area contributed by atoms with Gasteiger partial charge in [0.05, 0.1) is 8.66 Å². The molecule has 0 saturated carbocycles. The highest BCUT2D eigenvalue weighted by molar-refractivity contribution is 9.11. The fraction of sp³-hybridized carbons (Fsp3) is 0.417. The maximum Gasteiger partial charge on any atom is 0.264 e. The molecule has 0 spiro atoms. The number of thiophene rings is 1. The summed E-state index contributed by atoms with van der Waals surface area (Å²) >= 11 is 4.77. The summed E-state index contributed by atoms with van der Waals surface area (Å²) in [6.45, 7) is 0.529. The molecule has 3 rings (SSSR count). The van der Waals surface area contributed by atoms with E-state index in [1.807, 2.05) is 6.07 Å². The first-order valence-corrected chi connectivity index (χ1v) is 7.60. The van der Waals surface area contributed by atoms with Gasteiger partial charge in [0.15, 0.2) is 0 Å². The molecule has 7 heteroatoms. The van der Waals surface area contributed by atoms with Crippen LogP contribution in [-0.4, -0.2) is 35.2 Å². The standard InChI is InChI=1S/C12H11BrN2O3S/c13-8-5-6-3-4-15(12(18)10(6)19-8)7-1-2-9(16)14-11(7)17/h5,7H,1-4H2,(H,14,16,17). The van der Waals surface area contributed by atoms with Gasteiger partial charge in [-0.2, -0.15) is 0 Å². The Hall–Kier alpha value is -1.21. The summed E-state index contributed by atoms with van der Waals surface area (Å²) in [7, 11) is 0. The quantitative estimate of drug-likeness (QED) is 0.782. The van der Waals surface area contributed by atoms with E-state index in [9.17, 15) is 14.4 Å². The molecule has 0 bridgehead atoms. The maximum absolute atomic E-state index is 12.4. The molecule has 19 heavy (non-hydrogen) atoms. The molecule has 3 heterocycles. The molecule has 1 fully saturated rings. The first-order chi connectivity index (χ1) is 9.06. The van der Waals surface area contributed by atoms with Gasteiger partial charge in [-0.1, -0.05) is 0 Å². The number of carbonyl (C=O) groups is 3. The molecular weight excluding hydrogens is 332 g/mol.